The maximum absolute atomic E-state index is 14.0. The number of carbonyl (C=O) groups is 2. The maximum atomic E-state index is 14.0. The third-order valence-corrected chi connectivity index (χ3v) is 8.98. The van der Waals surface area contributed by atoms with E-state index in [2.05, 4.69) is 5.32 Å². The van der Waals surface area contributed by atoms with Gasteiger partial charge < -0.3 is 10.2 Å². The van der Waals surface area contributed by atoms with Crippen molar-refractivity contribution in [3.8, 4) is 0 Å². The monoisotopic (exact) mass is 603 g/mol. The number of rotatable bonds is 12. The third-order valence-electron chi connectivity index (χ3n) is 6.53. The maximum Gasteiger partial charge on any atom is 0.264 e. The smallest absolute Gasteiger partial charge is 0.264 e. The summed E-state index contributed by atoms with van der Waals surface area (Å²) in [6.45, 7) is 7.47. The molecule has 1 N–H and O–H groups in total. The van der Waals surface area contributed by atoms with Crippen molar-refractivity contribution in [2.24, 2.45) is 0 Å². The Balaban J connectivity index is 2.07. The Kier molecular flexibility index (Phi) is 11.0. The number of halogens is 2. The Morgan fingerprint density at radius 1 is 0.925 bits per heavy atom. The molecule has 0 aromatic heterocycles. The van der Waals surface area contributed by atoms with Gasteiger partial charge in [0.15, 0.2) is 0 Å². The van der Waals surface area contributed by atoms with Crippen molar-refractivity contribution < 1.29 is 18.0 Å². The van der Waals surface area contributed by atoms with Crippen LogP contribution in [0, 0.1) is 13.8 Å². The van der Waals surface area contributed by atoms with Crippen molar-refractivity contribution >= 4 is 50.7 Å². The molecule has 0 aliphatic heterocycles. The third kappa shape index (κ3) is 7.77. The molecule has 0 saturated heterocycles. The molecule has 0 aliphatic rings. The lowest BCUT2D eigenvalue weighted by Gasteiger charge is -2.33. The molecule has 3 rings (SSSR count). The first kappa shape index (κ1) is 31.5. The van der Waals surface area contributed by atoms with Gasteiger partial charge in [0.2, 0.25) is 11.8 Å². The second-order valence-electron chi connectivity index (χ2n) is 9.62. The fraction of sp³-hybridized carbons (Fsp3) is 0.333. The van der Waals surface area contributed by atoms with Gasteiger partial charge in [-0.2, -0.15) is 0 Å². The van der Waals surface area contributed by atoms with E-state index in [1.54, 1.807) is 48.5 Å². The number of nitrogens with zero attached hydrogens (tertiary/aromatic N) is 2. The molecule has 2 amide bonds. The number of aryl methyl sites for hydroxylation is 2. The number of carbonyl (C=O) groups excluding carboxylic acids is 2. The summed E-state index contributed by atoms with van der Waals surface area (Å²) < 4.78 is 28.9. The van der Waals surface area contributed by atoms with Crippen LogP contribution in [0.5, 0.6) is 0 Å². The lowest BCUT2D eigenvalue weighted by Crippen LogP contribution is -2.52. The predicted molar refractivity (Wildman–Crippen MR) is 161 cm³/mol. The van der Waals surface area contributed by atoms with Gasteiger partial charge in [0, 0.05) is 23.1 Å². The van der Waals surface area contributed by atoms with Gasteiger partial charge in [0.1, 0.15) is 12.6 Å². The first-order valence-electron chi connectivity index (χ1n) is 13.1. The van der Waals surface area contributed by atoms with Gasteiger partial charge in [-0.05, 0) is 74.2 Å². The molecule has 214 valence electrons. The number of anilines is 1. The van der Waals surface area contributed by atoms with Crippen LogP contribution in [0.1, 0.15) is 43.4 Å². The van der Waals surface area contributed by atoms with Gasteiger partial charge >= 0.3 is 0 Å². The normalized spacial score (nSPS) is 12.1. The first-order chi connectivity index (χ1) is 19.0. The molecule has 0 radical (unpaired) electrons. The molecular weight excluding hydrogens is 569 g/mol. The zero-order valence-corrected chi connectivity index (χ0v) is 25.5. The molecule has 40 heavy (non-hydrogen) atoms. The summed E-state index contributed by atoms with van der Waals surface area (Å²) >= 11 is 12.4. The quantitative estimate of drug-likeness (QED) is 0.269. The van der Waals surface area contributed by atoms with Gasteiger partial charge in [-0.15, -0.1) is 0 Å². The average Bonchev–Trinajstić information content (AvgIpc) is 2.93. The van der Waals surface area contributed by atoms with E-state index in [1.807, 2.05) is 27.7 Å². The second-order valence-corrected chi connectivity index (χ2v) is 12.3. The van der Waals surface area contributed by atoms with Crippen molar-refractivity contribution in [2.75, 3.05) is 17.4 Å². The minimum absolute atomic E-state index is 0.0413. The Labute approximate surface area is 247 Å². The van der Waals surface area contributed by atoms with E-state index in [4.69, 9.17) is 23.2 Å². The van der Waals surface area contributed by atoms with Crippen LogP contribution in [0.15, 0.2) is 71.6 Å². The number of hydrogen-bond donors (Lipinski definition) is 1. The van der Waals surface area contributed by atoms with E-state index >= 15 is 0 Å². The van der Waals surface area contributed by atoms with Crippen LogP contribution in [0.3, 0.4) is 0 Å². The Morgan fingerprint density at radius 2 is 1.57 bits per heavy atom. The van der Waals surface area contributed by atoms with Gasteiger partial charge in [0.25, 0.3) is 10.0 Å². The van der Waals surface area contributed by atoms with Crippen molar-refractivity contribution in [2.45, 2.75) is 58.0 Å². The zero-order chi connectivity index (χ0) is 29.4. The van der Waals surface area contributed by atoms with Gasteiger partial charge in [-0.25, -0.2) is 8.42 Å². The molecule has 0 heterocycles. The second kappa shape index (κ2) is 14.0. The summed E-state index contributed by atoms with van der Waals surface area (Å²) in [4.78, 5) is 28.7. The van der Waals surface area contributed by atoms with E-state index in [0.717, 1.165) is 27.4 Å². The Morgan fingerprint density at radius 3 is 2.15 bits per heavy atom. The lowest BCUT2D eigenvalue weighted by atomic mass is 10.1. The van der Waals surface area contributed by atoms with E-state index in [1.165, 1.54) is 23.1 Å². The van der Waals surface area contributed by atoms with Crippen LogP contribution >= 0.6 is 23.2 Å². The SMILES string of the molecule is CCCNC(=O)[C@H](CC)N(Cc1ccc(Cl)cc1)C(=O)CN(c1ccc(C)c(Cl)c1)S(=O)(=O)c1ccc(C)cc1. The van der Waals surface area contributed by atoms with Crippen molar-refractivity contribution in [3.63, 3.8) is 0 Å². The fourth-order valence-electron chi connectivity index (χ4n) is 4.18. The van der Waals surface area contributed by atoms with Crippen LogP contribution < -0.4 is 9.62 Å². The molecule has 0 aliphatic carbocycles. The van der Waals surface area contributed by atoms with Crippen molar-refractivity contribution in [3.05, 3.63) is 93.5 Å². The van der Waals surface area contributed by atoms with E-state index in [9.17, 15) is 18.0 Å². The summed E-state index contributed by atoms with van der Waals surface area (Å²) in [5.41, 5.74) is 2.68. The van der Waals surface area contributed by atoms with E-state index in [0.29, 0.717) is 23.0 Å². The fourth-order valence-corrected chi connectivity index (χ4v) is 5.88. The topological polar surface area (TPSA) is 86.8 Å². The highest BCUT2D eigenvalue weighted by Crippen LogP contribution is 2.29. The molecule has 3 aromatic rings. The highest BCUT2D eigenvalue weighted by atomic mass is 35.5. The molecule has 0 spiro atoms. The molecular formula is C30H35Cl2N3O4S. The molecule has 0 unspecified atom stereocenters. The average molecular weight is 605 g/mol. The summed E-state index contributed by atoms with van der Waals surface area (Å²) in [5.74, 6) is -0.821. The van der Waals surface area contributed by atoms with Crippen LogP contribution in [-0.4, -0.2) is 44.3 Å². The van der Waals surface area contributed by atoms with Crippen LogP contribution in [-0.2, 0) is 26.2 Å². The van der Waals surface area contributed by atoms with Gasteiger partial charge in [-0.1, -0.05) is 72.9 Å². The minimum atomic E-state index is -4.17. The number of benzene rings is 3. The standard InChI is InChI=1S/C30H35Cl2N3O4S/c1-5-17-33-30(37)28(6-2)34(19-23-10-12-24(31)13-11-23)29(36)20-35(25-14-9-22(4)27(32)18-25)40(38,39)26-15-7-21(3)8-16-26/h7-16,18,28H,5-6,17,19-20H2,1-4H3,(H,33,37)/t28-/m0/s1. The summed E-state index contributed by atoms with van der Waals surface area (Å²) in [7, 11) is -4.17. The molecule has 7 nitrogen and oxygen atoms in total. The number of hydrogen-bond acceptors (Lipinski definition) is 4. The van der Waals surface area contributed by atoms with Crippen LogP contribution in [0.4, 0.5) is 5.69 Å². The van der Waals surface area contributed by atoms with Crippen molar-refractivity contribution in [1.82, 2.24) is 10.2 Å². The largest absolute Gasteiger partial charge is 0.354 e. The van der Waals surface area contributed by atoms with Crippen molar-refractivity contribution in [1.29, 1.82) is 0 Å². The zero-order valence-electron chi connectivity index (χ0n) is 23.2. The lowest BCUT2D eigenvalue weighted by molar-refractivity contribution is -0.140. The van der Waals surface area contributed by atoms with E-state index in [-0.39, 0.29) is 23.0 Å². The molecule has 0 saturated carbocycles. The molecule has 0 fully saturated rings. The minimum Gasteiger partial charge on any atom is -0.354 e. The van der Waals surface area contributed by atoms with Crippen LogP contribution in [0.2, 0.25) is 10.0 Å². The van der Waals surface area contributed by atoms with Gasteiger partial charge in [-0.3, -0.25) is 13.9 Å². The number of sulfonamides is 1. The number of nitrogens with one attached hydrogen (secondary N) is 1. The van der Waals surface area contributed by atoms with Gasteiger partial charge in [0.05, 0.1) is 10.6 Å². The summed E-state index contributed by atoms with van der Waals surface area (Å²) in [5, 5.41) is 3.79. The predicted octanol–water partition coefficient (Wildman–Crippen LogP) is 6.14. The number of amides is 2. The molecule has 10 heteroatoms. The van der Waals surface area contributed by atoms with E-state index < -0.39 is 28.5 Å². The Bertz CT molecular complexity index is 1430. The molecule has 0 bridgehead atoms. The van der Waals surface area contributed by atoms with Crippen LogP contribution in [0.25, 0.3) is 0 Å². The molecule has 3 aromatic carbocycles. The highest BCUT2D eigenvalue weighted by Gasteiger charge is 2.33. The highest BCUT2D eigenvalue weighted by molar-refractivity contribution is 7.92. The summed E-state index contributed by atoms with van der Waals surface area (Å²) in [6, 6.07) is 17.4. The Hall–Kier alpha value is -3.07. The molecule has 1 atom stereocenters. The first-order valence-corrected chi connectivity index (χ1v) is 15.3. The summed E-state index contributed by atoms with van der Waals surface area (Å²) in [6.07, 6.45) is 1.08.